The number of nitrogens with one attached hydrogen (secondary N) is 1. The van der Waals surface area contributed by atoms with E-state index in [4.69, 9.17) is 5.26 Å². The van der Waals surface area contributed by atoms with E-state index in [0.717, 1.165) is 13.0 Å². The van der Waals surface area contributed by atoms with Crippen LogP contribution in [0.1, 0.15) is 29.7 Å². The lowest BCUT2D eigenvalue weighted by Gasteiger charge is -2.14. The Morgan fingerprint density at radius 1 is 1.16 bits per heavy atom. The van der Waals surface area contributed by atoms with Gasteiger partial charge in [-0.25, -0.2) is 0 Å². The number of rotatable bonds is 5. The molecular formula is C16H17N3. The SMILES string of the molecule is CC(NCCc1ccncc1)c1ccc(C#N)cc1. The molecule has 1 aromatic heterocycles. The van der Waals surface area contributed by atoms with E-state index >= 15 is 0 Å². The lowest BCUT2D eigenvalue weighted by molar-refractivity contribution is 0.577. The molecule has 1 heterocycles. The summed E-state index contributed by atoms with van der Waals surface area (Å²) in [4.78, 5) is 4.01. The molecule has 0 saturated heterocycles. The molecule has 1 aromatic carbocycles. The molecule has 0 aliphatic heterocycles. The van der Waals surface area contributed by atoms with Gasteiger partial charge in [0.05, 0.1) is 11.6 Å². The Labute approximate surface area is 113 Å². The van der Waals surface area contributed by atoms with Gasteiger partial charge in [0, 0.05) is 18.4 Å². The van der Waals surface area contributed by atoms with Crippen molar-refractivity contribution in [2.75, 3.05) is 6.54 Å². The maximum absolute atomic E-state index is 8.76. The zero-order valence-corrected chi connectivity index (χ0v) is 11.0. The largest absolute Gasteiger partial charge is 0.310 e. The predicted molar refractivity (Wildman–Crippen MR) is 75.5 cm³/mol. The summed E-state index contributed by atoms with van der Waals surface area (Å²) in [5.74, 6) is 0. The van der Waals surface area contributed by atoms with Crippen LogP contribution >= 0.6 is 0 Å². The lowest BCUT2D eigenvalue weighted by Crippen LogP contribution is -2.21. The van der Waals surface area contributed by atoms with Gasteiger partial charge in [-0.2, -0.15) is 5.26 Å². The predicted octanol–water partition coefficient (Wildman–Crippen LogP) is 2.85. The molecule has 2 aromatic rings. The van der Waals surface area contributed by atoms with E-state index < -0.39 is 0 Å². The fourth-order valence-corrected chi connectivity index (χ4v) is 1.95. The van der Waals surface area contributed by atoms with Crippen LogP contribution in [0.3, 0.4) is 0 Å². The maximum Gasteiger partial charge on any atom is 0.0991 e. The zero-order chi connectivity index (χ0) is 13.5. The Morgan fingerprint density at radius 3 is 2.47 bits per heavy atom. The van der Waals surface area contributed by atoms with Crippen LogP contribution in [0.4, 0.5) is 0 Å². The minimum atomic E-state index is 0.287. The summed E-state index contributed by atoms with van der Waals surface area (Å²) in [5, 5.41) is 12.2. The number of hydrogen-bond acceptors (Lipinski definition) is 3. The maximum atomic E-state index is 8.76. The molecule has 0 aliphatic carbocycles. The molecule has 1 atom stereocenters. The highest BCUT2D eigenvalue weighted by molar-refractivity contribution is 5.32. The third-order valence-electron chi connectivity index (χ3n) is 3.15. The molecule has 19 heavy (non-hydrogen) atoms. The minimum Gasteiger partial charge on any atom is -0.310 e. The highest BCUT2D eigenvalue weighted by Crippen LogP contribution is 2.13. The Morgan fingerprint density at radius 2 is 1.84 bits per heavy atom. The van der Waals surface area contributed by atoms with Crippen molar-refractivity contribution in [2.45, 2.75) is 19.4 Å². The smallest absolute Gasteiger partial charge is 0.0991 e. The van der Waals surface area contributed by atoms with E-state index in [9.17, 15) is 0 Å². The summed E-state index contributed by atoms with van der Waals surface area (Å²) in [6.45, 7) is 3.05. The molecule has 0 aliphatic rings. The van der Waals surface area contributed by atoms with Crippen LogP contribution in [0.25, 0.3) is 0 Å². The molecule has 1 N–H and O–H groups in total. The summed E-state index contributed by atoms with van der Waals surface area (Å²) < 4.78 is 0. The van der Waals surface area contributed by atoms with Crippen molar-refractivity contribution in [3.8, 4) is 6.07 Å². The first-order valence-corrected chi connectivity index (χ1v) is 6.42. The van der Waals surface area contributed by atoms with E-state index in [1.807, 2.05) is 48.8 Å². The summed E-state index contributed by atoms with van der Waals surface area (Å²) in [6, 6.07) is 14.2. The van der Waals surface area contributed by atoms with Gasteiger partial charge in [-0.3, -0.25) is 4.98 Å². The fraction of sp³-hybridized carbons (Fsp3) is 0.250. The van der Waals surface area contributed by atoms with Crippen molar-refractivity contribution < 1.29 is 0 Å². The highest BCUT2D eigenvalue weighted by atomic mass is 14.9. The second-order valence-corrected chi connectivity index (χ2v) is 4.52. The van der Waals surface area contributed by atoms with Crippen molar-refractivity contribution >= 4 is 0 Å². The number of pyridine rings is 1. The number of nitriles is 1. The van der Waals surface area contributed by atoms with Gasteiger partial charge in [-0.05, 0) is 55.3 Å². The number of benzene rings is 1. The molecule has 0 radical (unpaired) electrons. The van der Waals surface area contributed by atoms with Crippen LogP contribution in [-0.2, 0) is 6.42 Å². The van der Waals surface area contributed by atoms with Crippen LogP contribution in [0.5, 0.6) is 0 Å². The van der Waals surface area contributed by atoms with Crippen molar-refractivity contribution in [1.82, 2.24) is 10.3 Å². The van der Waals surface area contributed by atoms with Gasteiger partial charge < -0.3 is 5.32 Å². The first-order chi connectivity index (χ1) is 9.29. The number of nitrogens with zero attached hydrogens (tertiary/aromatic N) is 2. The molecular weight excluding hydrogens is 234 g/mol. The van der Waals surface area contributed by atoms with E-state index in [1.54, 1.807) is 0 Å². The quantitative estimate of drug-likeness (QED) is 0.889. The summed E-state index contributed by atoms with van der Waals surface area (Å²) in [7, 11) is 0. The monoisotopic (exact) mass is 251 g/mol. The van der Waals surface area contributed by atoms with Gasteiger partial charge in [0.1, 0.15) is 0 Å². The van der Waals surface area contributed by atoms with Crippen molar-refractivity contribution in [1.29, 1.82) is 5.26 Å². The van der Waals surface area contributed by atoms with Crippen molar-refractivity contribution in [3.05, 3.63) is 65.5 Å². The molecule has 0 fully saturated rings. The lowest BCUT2D eigenvalue weighted by atomic mass is 10.1. The van der Waals surface area contributed by atoms with Gasteiger partial charge >= 0.3 is 0 Å². The molecule has 0 amide bonds. The van der Waals surface area contributed by atoms with Gasteiger partial charge in [0.25, 0.3) is 0 Å². The molecule has 0 bridgehead atoms. The average molecular weight is 251 g/mol. The van der Waals surface area contributed by atoms with Crippen LogP contribution in [0, 0.1) is 11.3 Å². The summed E-state index contributed by atoms with van der Waals surface area (Å²) in [6.07, 6.45) is 4.63. The topological polar surface area (TPSA) is 48.7 Å². The second-order valence-electron chi connectivity index (χ2n) is 4.52. The van der Waals surface area contributed by atoms with E-state index in [-0.39, 0.29) is 6.04 Å². The first kappa shape index (κ1) is 13.3. The number of hydrogen-bond donors (Lipinski definition) is 1. The van der Waals surface area contributed by atoms with Crippen LogP contribution in [-0.4, -0.2) is 11.5 Å². The van der Waals surface area contributed by atoms with Crippen molar-refractivity contribution in [2.24, 2.45) is 0 Å². The van der Waals surface area contributed by atoms with E-state index in [0.29, 0.717) is 5.56 Å². The highest BCUT2D eigenvalue weighted by Gasteiger charge is 2.04. The molecule has 3 nitrogen and oxygen atoms in total. The molecule has 0 spiro atoms. The fourth-order valence-electron chi connectivity index (χ4n) is 1.95. The van der Waals surface area contributed by atoms with Gasteiger partial charge in [0.15, 0.2) is 0 Å². The Balaban J connectivity index is 1.84. The van der Waals surface area contributed by atoms with Crippen LogP contribution in [0.15, 0.2) is 48.8 Å². The van der Waals surface area contributed by atoms with Crippen LogP contribution in [0.2, 0.25) is 0 Å². The molecule has 96 valence electrons. The Hall–Kier alpha value is -2.18. The molecule has 3 heteroatoms. The molecule has 0 saturated carbocycles. The normalized spacial score (nSPS) is 11.8. The molecule has 2 rings (SSSR count). The summed E-state index contributed by atoms with van der Waals surface area (Å²) >= 11 is 0. The van der Waals surface area contributed by atoms with E-state index in [1.165, 1.54) is 11.1 Å². The summed E-state index contributed by atoms with van der Waals surface area (Å²) in [5.41, 5.74) is 3.19. The first-order valence-electron chi connectivity index (χ1n) is 6.42. The Kier molecular flexibility index (Phi) is 4.66. The number of aromatic nitrogens is 1. The van der Waals surface area contributed by atoms with Gasteiger partial charge in [-0.15, -0.1) is 0 Å². The van der Waals surface area contributed by atoms with E-state index in [2.05, 4.69) is 23.3 Å². The molecule has 1 unspecified atom stereocenters. The Bertz CT molecular complexity index is 540. The van der Waals surface area contributed by atoms with Gasteiger partial charge in [0.2, 0.25) is 0 Å². The van der Waals surface area contributed by atoms with Crippen LogP contribution < -0.4 is 5.32 Å². The van der Waals surface area contributed by atoms with Crippen molar-refractivity contribution in [3.63, 3.8) is 0 Å². The zero-order valence-electron chi connectivity index (χ0n) is 11.0. The average Bonchev–Trinajstić information content (AvgIpc) is 2.48. The second kappa shape index (κ2) is 6.67. The minimum absolute atomic E-state index is 0.287. The van der Waals surface area contributed by atoms with Gasteiger partial charge in [-0.1, -0.05) is 12.1 Å². The standard InChI is InChI=1S/C16H17N3/c1-13(16-4-2-15(12-17)3-5-16)19-11-8-14-6-9-18-10-7-14/h2-7,9-10,13,19H,8,11H2,1H3. The third kappa shape index (κ3) is 3.90. The third-order valence-corrected chi connectivity index (χ3v) is 3.15.